The number of benzene rings is 2. The molecule has 35 heavy (non-hydrogen) atoms. The monoisotopic (exact) mass is 480 g/mol. The topological polar surface area (TPSA) is 79.3 Å². The molecule has 1 fully saturated rings. The standard InChI is InChI=1S/C28H36N2O5/c1-7-34-21-11-9-10-19(16-21)25-24(27(32)28(33)30(25)15-14-29(5)6)26(31)20-12-13-23(35-8-2)22(17-20)18(3)4/h9-13,16-18,25,31H,7-8,14-15H2,1-6H3/b26-24+. The summed E-state index contributed by atoms with van der Waals surface area (Å²) in [6, 6.07) is 12.0. The number of hydrogen-bond donors (Lipinski definition) is 1. The number of rotatable bonds is 10. The van der Waals surface area contributed by atoms with E-state index in [2.05, 4.69) is 0 Å². The van der Waals surface area contributed by atoms with Crippen molar-refractivity contribution in [1.82, 2.24) is 9.80 Å². The first kappa shape index (κ1) is 26.3. The van der Waals surface area contributed by atoms with Gasteiger partial charge >= 0.3 is 0 Å². The second-order valence-electron chi connectivity index (χ2n) is 9.14. The zero-order valence-electron chi connectivity index (χ0n) is 21.5. The van der Waals surface area contributed by atoms with E-state index in [4.69, 9.17) is 9.47 Å². The number of likely N-dealkylation sites (tertiary alicyclic amines) is 1. The van der Waals surface area contributed by atoms with Crippen molar-refractivity contribution in [2.24, 2.45) is 0 Å². The van der Waals surface area contributed by atoms with Crippen LogP contribution in [0.25, 0.3) is 5.76 Å². The molecule has 188 valence electrons. The summed E-state index contributed by atoms with van der Waals surface area (Å²) in [5, 5.41) is 11.4. The van der Waals surface area contributed by atoms with Gasteiger partial charge in [-0.05, 0) is 75.3 Å². The number of aliphatic hydroxyl groups excluding tert-OH is 1. The van der Waals surface area contributed by atoms with Gasteiger partial charge in [-0.1, -0.05) is 26.0 Å². The van der Waals surface area contributed by atoms with Gasteiger partial charge in [0.05, 0.1) is 24.8 Å². The first-order chi connectivity index (χ1) is 16.7. The van der Waals surface area contributed by atoms with Gasteiger partial charge in [0.1, 0.15) is 17.3 Å². The number of nitrogens with zero attached hydrogens (tertiary/aromatic N) is 2. The summed E-state index contributed by atoms with van der Waals surface area (Å²) in [7, 11) is 3.82. The first-order valence-corrected chi connectivity index (χ1v) is 12.1. The fourth-order valence-electron chi connectivity index (χ4n) is 4.30. The molecule has 3 rings (SSSR count). The molecule has 7 nitrogen and oxygen atoms in total. The highest BCUT2D eigenvalue weighted by Crippen LogP contribution is 2.41. The number of amides is 1. The molecule has 0 spiro atoms. The van der Waals surface area contributed by atoms with Crippen LogP contribution in [-0.4, -0.2) is 67.0 Å². The van der Waals surface area contributed by atoms with Crippen molar-refractivity contribution in [1.29, 1.82) is 0 Å². The first-order valence-electron chi connectivity index (χ1n) is 12.1. The van der Waals surface area contributed by atoms with Gasteiger partial charge in [0.15, 0.2) is 0 Å². The van der Waals surface area contributed by atoms with Gasteiger partial charge in [-0.2, -0.15) is 0 Å². The summed E-state index contributed by atoms with van der Waals surface area (Å²) >= 11 is 0. The molecule has 2 aromatic rings. The number of Topliss-reactive ketones (excluding diaryl/α,β-unsaturated/α-hetero) is 1. The van der Waals surface area contributed by atoms with E-state index in [9.17, 15) is 14.7 Å². The SMILES string of the molecule is CCOc1cccc(C2/C(=C(\O)c3ccc(OCC)c(C(C)C)c3)C(=O)C(=O)N2CCN(C)C)c1. The normalized spacial score (nSPS) is 17.5. The van der Waals surface area contributed by atoms with Crippen molar-refractivity contribution in [3.63, 3.8) is 0 Å². The van der Waals surface area contributed by atoms with Crippen LogP contribution in [0.4, 0.5) is 0 Å². The largest absolute Gasteiger partial charge is 0.507 e. The smallest absolute Gasteiger partial charge is 0.295 e. The molecular formula is C28H36N2O5. The highest BCUT2D eigenvalue weighted by Gasteiger charge is 2.46. The zero-order chi connectivity index (χ0) is 25.7. The van der Waals surface area contributed by atoms with Crippen LogP contribution in [-0.2, 0) is 9.59 Å². The Kier molecular flexibility index (Phi) is 8.57. The van der Waals surface area contributed by atoms with Gasteiger partial charge in [0, 0.05) is 18.7 Å². The van der Waals surface area contributed by atoms with Crippen LogP contribution in [0.5, 0.6) is 11.5 Å². The van der Waals surface area contributed by atoms with Crippen LogP contribution in [0, 0.1) is 0 Å². The molecule has 0 bridgehead atoms. The van der Waals surface area contributed by atoms with E-state index in [1.165, 1.54) is 4.90 Å². The lowest BCUT2D eigenvalue weighted by Gasteiger charge is -2.27. The molecule has 0 aliphatic carbocycles. The van der Waals surface area contributed by atoms with Crippen LogP contribution in [0.3, 0.4) is 0 Å². The number of carbonyl (C=O) groups excluding carboxylic acids is 2. The van der Waals surface area contributed by atoms with Gasteiger partial charge in [-0.15, -0.1) is 0 Å². The number of ketones is 1. The predicted octanol–water partition coefficient (Wildman–Crippen LogP) is 4.59. The molecule has 0 aromatic heterocycles. The Morgan fingerprint density at radius 2 is 1.77 bits per heavy atom. The van der Waals surface area contributed by atoms with Crippen molar-refractivity contribution in [2.75, 3.05) is 40.4 Å². The molecule has 1 saturated heterocycles. The van der Waals surface area contributed by atoms with E-state index >= 15 is 0 Å². The van der Waals surface area contributed by atoms with Gasteiger partial charge < -0.3 is 24.4 Å². The summed E-state index contributed by atoms with van der Waals surface area (Å²) in [5.74, 6) is 0.0408. The Hall–Kier alpha value is -3.32. The quantitative estimate of drug-likeness (QED) is 0.304. The summed E-state index contributed by atoms with van der Waals surface area (Å²) in [6.45, 7) is 9.85. The number of likely N-dealkylation sites (N-methyl/N-ethyl adjacent to an activating group) is 1. The Morgan fingerprint density at radius 3 is 2.40 bits per heavy atom. The Morgan fingerprint density at radius 1 is 1.06 bits per heavy atom. The molecular weight excluding hydrogens is 444 g/mol. The van der Waals surface area contributed by atoms with Crippen molar-refractivity contribution in [2.45, 2.75) is 39.7 Å². The van der Waals surface area contributed by atoms with E-state index in [-0.39, 0.29) is 17.3 Å². The minimum Gasteiger partial charge on any atom is -0.507 e. The van der Waals surface area contributed by atoms with E-state index in [0.717, 1.165) is 11.3 Å². The predicted molar refractivity (Wildman–Crippen MR) is 137 cm³/mol. The third kappa shape index (κ3) is 5.68. The van der Waals surface area contributed by atoms with Crippen LogP contribution < -0.4 is 9.47 Å². The van der Waals surface area contributed by atoms with Crippen molar-refractivity contribution >= 4 is 17.4 Å². The molecule has 2 aromatic carbocycles. The van der Waals surface area contributed by atoms with Crippen molar-refractivity contribution in [3.8, 4) is 11.5 Å². The summed E-state index contributed by atoms with van der Waals surface area (Å²) in [6.07, 6.45) is 0. The van der Waals surface area contributed by atoms with Crippen LogP contribution in [0.2, 0.25) is 0 Å². The highest BCUT2D eigenvalue weighted by atomic mass is 16.5. The van der Waals surface area contributed by atoms with Crippen molar-refractivity contribution in [3.05, 3.63) is 64.7 Å². The molecule has 1 heterocycles. The van der Waals surface area contributed by atoms with Crippen LogP contribution in [0.1, 0.15) is 56.3 Å². The van der Waals surface area contributed by atoms with E-state index < -0.39 is 17.7 Å². The Labute approximate surface area is 207 Å². The van der Waals surface area contributed by atoms with Gasteiger partial charge in [-0.3, -0.25) is 9.59 Å². The van der Waals surface area contributed by atoms with E-state index in [0.29, 0.717) is 43.2 Å². The average molecular weight is 481 g/mol. The summed E-state index contributed by atoms with van der Waals surface area (Å²) in [4.78, 5) is 29.9. The Balaban J connectivity index is 2.18. The minimum absolute atomic E-state index is 0.0845. The maximum absolute atomic E-state index is 13.3. The highest BCUT2D eigenvalue weighted by molar-refractivity contribution is 6.46. The molecule has 1 aliphatic heterocycles. The van der Waals surface area contributed by atoms with Crippen LogP contribution >= 0.6 is 0 Å². The maximum atomic E-state index is 13.3. The zero-order valence-corrected chi connectivity index (χ0v) is 21.5. The minimum atomic E-state index is -0.718. The number of ether oxygens (including phenoxy) is 2. The van der Waals surface area contributed by atoms with Crippen molar-refractivity contribution < 1.29 is 24.2 Å². The third-order valence-corrected chi connectivity index (χ3v) is 6.02. The van der Waals surface area contributed by atoms with Crippen LogP contribution in [0.15, 0.2) is 48.0 Å². The second kappa shape index (κ2) is 11.4. The number of hydrogen-bond acceptors (Lipinski definition) is 6. The molecule has 1 unspecified atom stereocenters. The fourth-order valence-corrected chi connectivity index (χ4v) is 4.30. The maximum Gasteiger partial charge on any atom is 0.295 e. The second-order valence-corrected chi connectivity index (χ2v) is 9.14. The van der Waals surface area contributed by atoms with Gasteiger partial charge in [-0.25, -0.2) is 0 Å². The average Bonchev–Trinajstić information content (AvgIpc) is 3.07. The molecule has 1 aliphatic rings. The molecule has 0 radical (unpaired) electrons. The lowest BCUT2D eigenvalue weighted by molar-refractivity contribution is -0.140. The lowest BCUT2D eigenvalue weighted by atomic mass is 9.93. The molecule has 1 amide bonds. The van der Waals surface area contributed by atoms with E-state index in [1.54, 1.807) is 12.1 Å². The summed E-state index contributed by atoms with van der Waals surface area (Å²) in [5.41, 5.74) is 2.20. The fraction of sp³-hybridized carbons (Fsp3) is 0.429. The lowest BCUT2D eigenvalue weighted by Crippen LogP contribution is -2.35. The van der Waals surface area contributed by atoms with Gasteiger partial charge in [0.25, 0.3) is 11.7 Å². The van der Waals surface area contributed by atoms with E-state index in [1.807, 2.05) is 77.0 Å². The molecule has 0 saturated carbocycles. The molecule has 7 heteroatoms. The van der Waals surface area contributed by atoms with Gasteiger partial charge in [0.2, 0.25) is 0 Å². The molecule has 1 N–H and O–H groups in total. The number of aliphatic hydroxyl groups is 1. The summed E-state index contributed by atoms with van der Waals surface area (Å²) < 4.78 is 11.4. The number of carbonyl (C=O) groups is 2. The Bertz CT molecular complexity index is 1110. The third-order valence-electron chi connectivity index (χ3n) is 6.02. The molecule has 1 atom stereocenters.